The van der Waals surface area contributed by atoms with Gasteiger partial charge in [0.2, 0.25) is 10.0 Å². The van der Waals surface area contributed by atoms with Crippen LogP contribution in [0.5, 0.6) is 5.75 Å². The monoisotopic (exact) mass is 597 g/mol. The molecule has 1 aliphatic heterocycles. The third kappa shape index (κ3) is 8.00. The summed E-state index contributed by atoms with van der Waals surface area (Å²) in [5.74, 6) is 0.661. The van der Waals surface area contributed by atoms with Crippen molar-refractivity contribution in [3.8, 4) is 22.9 Å². The van der Waals surface area contributed by atoms with Gasteiger partial charge < -0.3 is 9.64 Å². The predicted octanol–water partition coefficient (Wildman–Crippen LogP) is 6.08. The van der Waals surface area contributed by atoms with E-state index in [1.165, 1.54) is 0 Å². The summed E-state index contributed by atoms with van der Waals surface area (Å²) in [5.41, 5.74) is -0.879. The van der Waals surface area contributed by atoms with Crippen LogP contribution in [-0.2, 0) is 22.4 Å². The molecule has 1 saturated heterocycles. The third-order valence-electron chi connectivity index (χ3n) is 6.55. The minimum absolute atomic E-state index is 0.109. The molecule has 1 fully saturated rings. The lowest BCUT2D eigenvalue weighted by atomic mass is 10.0. The summed E-state index contributed by atoms with van der Waals surface area (Å²) >= 11 is 0. The zero-order valence-electron chi connectivity index (χ0n) is 21.5. The molecule has 6 nitrogen and oxygen atoms in total. The van der Waals surface area contributed by atoms with E-state index in [-0.39, 0.29) is 24.7 Å². The van der Waals surface area contributed by atoms with Crippen LogP contribution in [-0.4, -0.2) is 45.6 Å². The Morgan fingerprint density at radius 1 is 0.902 bits per heavy atom. The lowest BCUT2D eigenvalue weighted by Gasteiger charge is -2.18. The Morgan fingerprint density at radius 2 is 1.46 bits per heavy atom. The Balaban J connectivity index is 1.27. The first kappa shape index (κ1) is 30.4. The van der Waals surface area contributed by atoms with Crippen LogP contribution in [0.3, 0.4) is 0 Å². The van der Waals surface area contributed by atoms with Crippen LogP contribution in [0.2, 0.25) is 0 Å². The molecule has 0 aromatic heterocycles. The van der Waals surface area contributed by atoms with Gasteiger partial charge in [-0.05, 0) is 73.0 Å². The average Bonchev–Trinajstić information content (AvgIpc) is 3.36. The van der Waals surface area contributed by atoms with Crippen LogP contribution in [0, 0.1) is 11.3 Å². The second kappa shape index (κ2) is 12.1. The summed E-state index contributed by atoms with van der Waals surface area (Å²) in [6, 6.07) is 16.4. The van der Waals surface area contributed by atoms with E-state index in [1.54, 1.807) is 12.1 Å². The maximum atomic E-state index is 13.1. The van der Waals surface area contributed by atoms with Crippen molar-refractivity contribution in [3.05, 3.63) is 83.4 Å². The number of nitriles is 1. The standard InChI is InChI=1S/C28H25F6N3O3S/c29-27(30,31)22-14-23(28(32,33)34)16-26(15-22)41(38,39)36-24-10-12-37(18-24)11-1-13-40-25-8-6-21(7-9-25)20-4-2-19(17-35)3-5-20/h2-9,14-16,24,36H,1,10-13,18H2/t24-/m1/s1. The maximum Gasteiger partial charge on any atom is 0.416 e. The molecule has 0 saturated carbocycles. The molecule has 41 heavy (non-hydrogen) atoms. The number of sulfonamides is 1. The second-order valence-electron chi connectivity index (χ2n) is 9.56. The number of alkyl halides is 6. The van der Waals surface area contributed by atoms with Crippen molar-refractivity contribution in [2.45, 2.75) is 36.1 Å². The van der Waals surface area contributed by atoms with E-state index < -0.39 is 44.4 Å². The van der Waals surface area contributed by atoms with Crippen molar-refractivity contribution in [3.63, 3.8) is 0 Å². The first-order chi connectivity index (χ1) is 19.2. The largest absolute Gasteiger partial charge is 0.494 e. The molecule has 3 aromatic carbocycles. The number of rotatable bonds is 9. The molecule has 0 bridgehead atoms. The lowest BCUT2D eigenvalue weighted by Crippen LogP contribution is -2.37. The van der Waals surface area contributed by atoms with Gasteiger partial charge >= 0.3 is 12.4 Å². The zero-order chi connectivity index (χ0) is 29.8. The topological polar surface area (TPSA) is 82.4 Å². The van der Waals surface area contributed by atoms with Crippen molar-refractivity contribution >= 4 is 10.0 Å². The number of likely N-dealkylation sites (tertiary alicyclic amines) is 1. The van der Waals surface area contributed by atoms with Gasteiger partial charge in [0.25, 0.3) is 0 Å². The first-order valence-electron chi connectivity index (χ1n) is 12.5. The van der Waals surface area contributed by atoms with Gasteiger partial charge in [-0.15, -0.1) is 0 Å². The highest BCUT2D eigenvalue weighted by Gasteiger charge is 2.39. The number of nitrogens with zero attached hydrogens (tertiary/aromatic N) is 2. The minimum Gasteiger partial charge on any atom is -0.494 e. The maximum absolute atomic E-state index is 13.1. The molecule has 4 rings (SSSR count). The van der Waals surface area contributed by atoms with Gasteiger partial charge in [-0.2, -0.15) is 31.6 Å². The summed E-state index contributed by atoms with van der Waals surface area (Å²) in [6.07, 6.45) is -9.34. The fraction of sp³-hybridized carbons (Fsp3) is 0.321. The molecule has 0 unspecified atom stereocenters. The van der Waals surface area contributed by atoms with Crippen molar-refractivity contribution in [2.75, 3.05) is 26.2 Å². The summed E-state index contributed by atoms with van der Waals surface area (Å²) in [4.78, 5) is 0.856. The third-order valence-corrected chi connectivity index (χ3v) is 8.05. The van der Waals surface area contributed by atoms with Gasteiger partial charge in [-0.1, -0.05) is 24.3 Å². The summed E-state index contributed by atoms with van der Waals surface area (Å²) in [5, 5.41) is 8.91. The van der Waals surface area contributed by atoms with Crippen LogP contribution < -0.4 is 9.46 Å². The van der Waals surface area contributed by atoms with Crippen molar-refractivity contribution in [2.24, 2.45) is 0 Å². The number of benzene rings is 3. The first-order valence-corrected chi connectivity index (χ1v) is 14.0. The predicted molar refractivity (Wildman–Crippen MR) is 138 cm³/mol. The number of ether oxygens (including phenoxy) is 1. The van der Waals surface area contributed by atoms with Gasteiger partial charge in [-0.3, -0.25) is 0 Å². The molecule has 0 spiro atoms. The average molecular weight is 598 g/mol. The van der Waals surface area contributed by atoms with Crippen LogP contribution >= 0.6 is 0 Å². The smallest absolute Gasteiger partial charge is 0.416 e. The molecule has 0 amide bonds. The zero-order valence-corrected chi connectivity index (χ0v) is 22.3. The number of hydrogen-bond acceptors (Lipinski definition) is 5. The lowest BCUT2D eigenvalue weighted by molar-refractivity contribution is -0.143. The number of nitrogens with one attached hydrogen (secondary N) is 1. The van der Waals surface area contributed by atoms with Gasteiger partial charge in [-0.25, -0.2) is 13.1 Å². The van der Waals surface area contributed by atoms with Crippen molar-refractivity contribution in [1.29, 1.82) is 5.26 Å². The van der Waals surface area contributed by atoms with Gasteiger partial charge in [0.15, 0.2) is 0 Å². The summed E-state index contributed by atoms with van der Waals surface area (Å²) < 4.78 is 112. The molecule has 1 heterocycles. The fourth-order valence-electron chi connectivity index (χ4n) is 4.46. The minimum atomic E-state index is -5.15. The summed E-state index contributed by atoms with van der Waals surface area (Å²) in [7, 11) is -4.64. The molecule has 218 valence electrons. The molecule has 0 radical (unpaired) electrons. The number of halogens is 6. The molecule has 0 aliphatic carbocycles. The Morgan fingerprint density at radius 3 is 2.00 bits per heavy atom. The van der Waals surface area contributed by atoms with E-state index in [4.69, 9.17) is 10.00 Å². The Hall–Kier alpha value is -3.60. The molecule has 13 heteroatoms. The normalized spacial score (nSPS) is 16.5. The van der Waals surface area contributed by atoms with Crippen LogP contribution in [0.25, 0.3) is 11.1 Å². The Labute approximate surface area is 233 Å². The van der Waals surface area contributed by atoms with E-state index in [1.807, 2.05) is 41.3 Å². The van der Waals surface area contributed by atoms with Crippen LogP contribution in [0.4, 0.5) is 26.3 Å². The van der Waals surface area contributed by atoms with Gasteiger partial charge in [0.05, 0.1) is 34.3 Å². The van der Waals surface area contributed by atoms with Crippen LogP contribution in [0.15, 0.2) is 71.6 Å². The highest BCUT2D eigenvalue weighted by molar-refractivity contribution is 7.89. The molecular formula is C28H25F6N3O3S. The fourth-order valence-corrected chi connectivity index (χ4v) is 5.79. The van der Waals surface area contributed by atoms with E-state index in [0.29, 0.717) is 43.9 Å². The van der Waals surface area contributed by atoms with E-state index in [2.05, 4.69) is 10.8 Å². The summed E-state index contributed by atoms with van der Waals surface area (Å²) in [6.45, 7) is 1.70. The van der Waals surface area contributed by atoms with E-state index >= 15 is 0 Å². The quantitative estimate of drug-likeness (QED) is 0.239. The van der Waals surface area contributed by atoms with Crippen molar-refractivity contribution in [1.82, 2.24) is 9.62 Å². The number of hydrogen-bond donors (Lipinski definition) is 1. The highest BCUT2D eigenvalue weighted by Crippen LogP contribution is 2.37. The Kier molecular flexibility index (Phi) is 8.96. The second-order valence-corrected chi connectivity index (χ2v) is 11.3. The SMILES string of the molecule is N#Cc1ccc(-c2ccc(OCCCN3CC[C@@H](NS(=O)(=O)c4cc(C(F)(F)F)cc(C(F)(F)F)c4)C3)cc2)cc1. The molecule has 1 aliphatic rings. The van der Waals surface area contributed by atoms with Crippen molar-refractivity contribution < 1.29 is 39.5 Å². The van der Waals surface area contributed by atoms with E-state index in [9.17, 15) is 34.8 Å². The van der Waals surface area contributed by atoms with Crippen LogP contribution in [0.1, 0.15) is 29.5 Å². The Bertz CT molecular complexity index is 1470. The van der Waals surface area contributed by atoms with Gasteiger partial charge in [0.1, 0.15) is 5.75 Å². The molecule has 1 N–H and O–H groups in total. The van der Waals surface area contributed by atoms with E-state index in [0.717, 1.165) is 11.1 Å². The molecule has 3 aromatic rings. The molecule has 1 atom stereocenters. The van der Waals surface area contributed by atoms with Gasteiger partial charge in [0, 0.05) is 19.1 Å². The highest BCUT2D eigenvalue weighted by atomic mass is 32.2. The molecular weight excluding hydrogens is 572 g/mol.